The van der Waals surface area contributed by atoms with E-state index in [1.165, 1.54) is 19.4 Å². The Morgan fingerprint density at radius 1 is 1.03 bits per heavy atom. The Morgan fingerprint density at radius 3 is 2.25 bits per heavy atom. The van der Waals surface area contributed by atoms with Crippen LogP contribution in [0.25, 0.3) is 0 Å². The van der Waals surface area contributed by atoms with Gasteiger partial charge >= 0.3 is 5.97 Å². The van der Waals surface area contributed by atoms with E-state index in [4.69, 9.17) is 22.9 Å². The maximum absolute atomic E-state index is 12.9. The van der Waals surface area contributed by atoms with Crippen LogP contribution in [0, 0.1) is 0 Å². The number of aromatic amines is 1. The molecule has 0 aliphatic rings. The summed E-state index contributed by atoms with van der Waals surface area (Å²) in [5.74, 6) is -4.19. The van der Waals surface area contributed by atoms with Gasteiger partial charge in [-0.25, -0.2) is 9.78 Å². The number of imidazole rings is 1. The van der Waals surface area contributed by atoms with E-state index in [9.17, 15) is 29.1 Å². The average molecular weight is 511 g/mol. The third-order valence-corrected chi connectivity index (χ3v) is 4.96. The van der Waals surface area contributed by atoms with Crippen molar-refractivity contribution in [1.82, 2.24) is 25.9 Å². The van der Waals surface area contributed by atoms with Gasteiger partial charge in [-0.2, -0.15) is 0 Å². The SMILES string of the molecule is CC(NC(=O)C(N)CCC(N)=O)C(=O)NC(Cc1cnc[nH]1)C(=O)NC(CCCN=C(N)N)C(=O)O. The van der Waals surface area contributed by atoms with Gasteiger partial charge < -0.3 is 49.0 Å². The van der Waals surface area contributed by atoms with Gasteiger partial charge in [0.25, 0.3) is 0 Å². The average Bonchev–Trinajstić information content (AvgIpc) is 3.31. The molecule has 4 unspecified atom stereocenters. The summed E-state index contributed by atoms with van der Waals surface area (Å²) in [6.45, 7) is 1.55. The van der Waals surface area contributed by atoms with E-state index < -0.39 is 53.8 Å². The van der Waals surface area contributed by atoms with E-state index in [-0.39, 0.29) is 44.6 Å². The molecule has 1 aromatic heterocycles. The minimum atomic E-state index is -1.27. The van der Waals surface area contributed by atoms with E-state index in [0.29, 0.717) is 5.69 Å². The zero-order valence-corrected chi connectivity index (χ0v) is 19.9. The second-order valence-corrected chi connectivity index (χ2v) is 8.03. The molecule has 16 nitrogen and oxygen atoms in total. The quantitative estimate of drug-likeness (QED) is 0.0592. The monoisotopic (exact) mass is 510 g/mol. The van der Waals surface area contributed by atoms with E-state index >= 15 is 0 Å². The molecule has 36 heavy (non-hydrogen) atoms. The van der Waals surface area contributed by atoms with Gasteiger partial charge in [-0.3, -0.25) is 24.2 Å². The van der Waals surface area contributed by atoms with E-state index in [1.807, 2.05) is 0 Å². The molecule has 4 amide bonds. The van der Waals surface area contributed by atoms with Crippen molar-refractivity contribution < 1.29 is 29.1 Å². The van der Waals surface area contributed by atoms with Gasteiger partial charge in [-0.1, -0.05) is 0 Å². The van der Waals surface area contributed by atoms with Crippen LogP contribution in [0.3, 0.4) is 0 Å². The van der Waals surface area contributed by atoms with Gasteiger partial charge in [0, 0.05) is 31.3 Å². The highest BCUT2D eigenvalue weighted by atomic mass is 16.4. The number of carbonyl (C=O) groups excluding carboxylic acids is 4. The highest BCUT2D eigenvalue weighted by molar-refractivity contribution is 5.94. The third kappa shape index (κ3) is 11.3. The summed E-state index contributed by atoms with van der Waals surface area (Å²) in [7, 11) is 0. The second-order valence-electron chi connectivity index (χ2n) is 8.03. The normalized spacial score (nSPS) is 13.9. The number of guanidine groups is 1. The summed E-state index contributed by atoms with van der Waals surface area (Å²) in [4.78, 5) is 70.7. The van der Waals surface area contributed by atoms with Crippen LogP contribution in [0.4, 0.5) is 0 Å². The number of carboxylic acid groups (broad SMARTS) is 1. The number of hydrogen-bond acceptors (Lipinski definition) is 8. The van der Waals surface area contributed by atoms with Crippen LogP contribution in [0.15, 0.2) is 17.5 Å². The predicted octanol–water partition coefficient (Wildman–Crippen LogP) is -3.84. The molecule has 0 fully saturated rings. The van der Waals surface area contributed by atoms with Crippen LogP contribution < -0.4 is 38.9 Å². The number of aromatic nitrogens is 2. The summed E-state index contributed by atoms with van der Waals surface area (Å²) >= 11 is 0. The molecular weight excluding hydrogens is 476 g/mol. The molecule has 0 aliphatic heterocycles. The van der Waals surface area contributed by atoms with Gasteiger partial charge in [-0.05, 0) is 26.2 Å². The molecule has 0 spiro atoms. The van der Waals surface area contributed by atoms with Crippen LogP contribution in [-0.4, -0.2) is 81.3 Å². The first-order chi connectivity index (χ1) is 16.9. The van der Waals surface area contributed by atoms with Crippen LogP contribution in [-0.2, 0) is 30.4 Å². The van der Waals surface area contributed by atoms with Crippen molar-refractivity contribution in [3.05, 3.63) is 18.2 Å². The van der Waals surface area contributed by atoms with Crippen molar-refractivity contribution >= 4 is 35.6 Å². The zero-order chi connectivity index (χ0) is 27.3. The summed E-state index contributed by atoms with van der Waals surface area (Å²) < 4.78 is 0. The minimum Gasteiger partial charge on any atom is -0.480 e. The number of amides is 4. The number of hydrogen-bond donors (Lipinski definition) is 9. The van der Waals surface area contributed by atoms with Crippen molar-refractivity contribution in [2.75, 3.05) is 6.54 Å². The first-order valence-electron chi connectivity index (χ1n) is 11.1. The lowest BCUT2D eigenvalue weighted by Crippen LogP contribution is -2.57. The maximum atomic E-state index is 12.9. The standard InChI is InChI=1S/C20H34N10O6/c1-10(28-17(33)12(21)4-5-15(22)31)16(32)30-14(7-11-8-25-9-27-11)18(34)29-13(19(35)36)3-2-6-26-20(23)24/h8-10,12-14H,2-7,21H2,1H3,(H2,22,31)(H,25,27)(H,28,33)(H,29,34)(H,30,32)(H,35,36)(H4,23,24,26). The maximum Gasteiger partial charge on any atom is 0.326 e. The second kappa shape index (κ2) is 14.9. The van der Waals surface area contributed by atoms with E-state index in [1.54, 1.807) is 0 Å². The number of aliphatic carboxylic acids is 1. The lowest BCUT2D eigenvalue weighted by molar-refractivity contribution is -0.142. The first kappa shape index (κ1) is 29.8. The van der Waals surface area contributed by atoms with Crippen molar-refractivity contribution in [2.45, 2.75) is 63.2 Å². The van der Waals surface area contributed by atoms with E-state index in [0.717, 1.165) is 0 Å². The number of aliphatic imine (C=N–C) groups is 1. The van der Waals surface area contributed by atoms with Crippen molar-refractivity contribution in [2.24, 2.45) is 27.9 Å². The number of rotatable bonds is 16. The van der Waals surface area contributed by atoms with E-state index in [2.05, 4.69) is 30.9 Å². The Balaban J connectivity index is 2.83. The molecule has 0 bridgehead atoms. The van der Waals surface area contributed by atoms with Crippen molar-refractivity contribution in [3.8, 4) is 0 Å². The van der Waals surface area contributed by atoms with Gasteiger partial charge in [0.1, 0.15) is 18.1 Å². The fourth-order valence-corrected chi connectivity index (χ4v) is 2.97. The summed E-state index contributed by atoms with van der Waals surface area (Å²) in [6.07, 6.45) is 3.02. The fraction of sp³-hybridized carbons (Fsp3) is 0.550. The third-order valence-electron chi connectivity index (χ3n) is 4.96. The number of primary amides is 1. The number of H-pyrrole nitrogens is 1. The molecule has 0 radical (unpaired) electrons. The van der Waals surface area contributed by atoms with Gasteiger partial charge in [0.05, 0.1) is 12.4 Å². The van der Waals surface area contributed by atoms with Gasteiger partial charge in [0.2, 0.25) is 23.6 Å². The Labute approximate surface area is 207 Å². The molecular formula is C20H34N10O6. The summed E-state index contributed by atoms with van der Waals surface area (Å²) in [5, 5.41) is 16.8. The number of nitrogens with zero attached hydrogens (tertiary/aromatic N) is 2. The molecule has 1 heterocycles. The van der Waals surface area contributed by atoms with Crippen LogP contribution in [0.5, 0.6) is 0 Å². The number of carboxylic acids is 1. The van der Waals surface area contributed by atoms with Crippen LogP contribution in [0.1, 0.15) is 38.3 Å². The number of nitrogens with two attached hydrogens (primary N) is 4. The van der Waals surface area contributed by atoms with Crippen molar-refractivity contribution in [3.63, 3.8) is 0 Å². The molecule has 0 aliphatic carbocycles. The molecule has 1 aromatic rings. The first-order valence-corrected chi connectivity index (χ1v) is 11.1. The number of carbonyl (C=O) groups is 5. The molecule has 13 N–H and O–H groups in total. The van der Waals surface area contributed by atoms with Gasteiger partial charge in [-0.15, -0.1) is 0 Å². The molecule has 0 saturated carbocycles. The Bertz CT molecular complexity index is 931. The largest absolute Gasteiger partial charge is 0.480 e. The number of nitrogens with one attached hydrogen (secondary N) is 4. The van der Waals surface area contributed by atoms with Crippen molar-refractivity contribution in [1.29, 1.82) is 0 Å². The lowest BCUT2D eigenvalue weighted by atomic mass is 10.1. The molecule has 200 valence electrons. The van der Waals surface area contributed by atoms with Gasteiger partial charge in [0.15, 0.2) is 5.96 Å². The summed E-state index contributed by atoms with van der Waals surface area (Å²) in [5.41, 5.74) is 21.7. The molecule has 16 heteroatoms. The highest BCUT2D eigenvalue weighted by Crippen LogP contribution is 2.04. The topological polar surface area (TPSA) is 287 Å². The Hall–Kier alpha value is -4.21. The Kier molecular flexibility index (Phi) is 12.4. The highest BCUT2D eigenvalue weighted by Gasteiger charge is 2.29. The summed E-state index contributed by atoms with van der Waals surface area (Å²) in [6, 6.07) is -4.61. The molecule has 0 aromatic carbocycles. The predicted molar refractivity (Wildman–Crippen MR) is 128 cm³/mol. The Morgan fingerprint density at radius 2 is 1.69 bits per heavy atom. The molecule has 1 rings (SSSR count). The van der Waals surface area contributed by atoms with Crippen LogP contribution >= 0.6 is 0 Å². The zero-order valence-electron chi connectivity index (χ0n) is 19.9. The minimum absolute atomic E-state index is 0.000121. The fourth-order valence-electron chi connectivity index (χ4n) is 2.97. The molecule has 0 saturated heterocycles. The lowest BCUT2D eigenvalue weighted by Gasteiger charge is -2.23. The molecule has 4 atom stereocenters. The van der Waals surface area contributed by atoms with Crippen LogP contribution in [0.2, 0.25) is 0 Å². The smallest absolute Gasteiger partial charge is 0.326 e.